The number of phenols is 2. The van der Waals surface area contributed by atoms with Crippen molar-refractivity contribution in [3.63, 3.8) is 0 Å². The maximum atomic E-state index is 9.87. The molecule has 1 heterocycles. The first-order valence-electron chi connectivity index (χ1n) is 5.57. The minimum Gasteiger partial charge on any atom is -0.508 e. The first-order chi connectivity index (χ1) is 9.54. The second-order valence-corrected chi connectivity index (χ2v) is 5.97. The van der Waals surface area contributed by atoms with Crippen molar-refractivity contribution >= 4 is 45.7 Å². The lowest BCUT2D eigenvalue weighted by molar-refractivity contribution is 0.450. The summed E-state index contributed by atoms with van der Waals surface area (Å²) in [4.78, 5) is 0.819. The summed E-state index contributed by atoms with van der Waals surface area (Å²) in [5, 5.41) is 24.9. The molecule has 0 radical (unpaired) electrons. The average molecular weight is 327 g/mol. The highest BCUT2D eigenvalue weighted by molar-refractivity contribution is 8.14. The van der Waals surface area contributed by atoms with Crippen LogP contribution >= 0.6 is 35.0 Å². The quantitative estimate of drug-likeness (QED) is 0.731. The summed E-state index contributed by atoms with van der Waals surface area (Å²) in [5.41, 5.74) is 4.05. The van der Waals surface area contributed by atoms with Gasteiger partial charge in [-0.2, -0.15) is 5.10 Å². The number of nitrogens with zero attached hydrogens (tertiary/aromatic N) is 1. The molecule has 1 aliphatic rings. The molecule has 0 spiro atoms. The fraction of sp³-hybridized carbons (Fsp3) is 0. The van der Waals surface area contributed by atoms with Gasteiger partial charge >= 0.3 is 0 Å². The fourth-order valence-corrected chi connectivity index (χ4v) is 3.47. The van der Waals surface area contributed by atoms with Crippen molar-refractivity contribution in [3.05, 3.63) is 45.9 Å². The van der Waals surface area contributed by atoms with Gasteiger partial charge in [-0.05, 0) is 24.3 Å². The van der Waals surface area contributed by atoms with Crippen molar-refractivity contribution in [1.29, 1.82) is 0 Å². The minimum atomic E-state index is -0.0466. The summed E-state index contributed by atoms with van der Waals surface area (Å²) < 4.78 is 0. The summed E-state index contributed by atoms with van der Waals surface area (Å²) in [5.74, 6) is -0.0540. The standard InChI is InChI=1S/C13H8Cl2N2O2S/c14-6-3-9(15)12-11(4-6)20-13(17-16-12)8-2-1-7(18)5-10(8)19/h1-5,16,18-19H. The second kappa shape index (κ2) is 5.09. The Hall–Kier alpha value is -1.56. The molecular formula is C13H8Cl2N2O2S. The van der Waals surface area contributed by atoms with E-state index < -0.39 is 0 Å². The van der Waals surface area contributed by atoms with Crippen LogP contribution in [0.25, 0.3) is 0 Å². The Morgan fingerprint density at radius 2 is 1.90 bits per heavy atom. The topological polar surface area (TPSA) is 64.9 Å². The molecule has 0 atom stereocenters. The maximum absolute atomic E-state index is 9.87. The van der Waals surface area contributed by atoms with Gasteiger partial charge in [0, 0.05) is 16.0 Å². The average Bonchev–Trinajstić information content (AvgIpc) is 2.37. The lowest BCUT2D eigenvalue weighted by Gasteiger charge is -2.18. The van der Waals surface area contributed by atoms with E-state index in [1.807, 2.05) is 0 Å². The van der Waals surface area contributed by atoms with Gasteiger partial charge in [-0.1, -0.05) is 35.0 Å². The van der Waals surface area contributed by atoms with Crippen molar-refractivity contribution in [2.45, 2.75) is 4.90 Å². The third kappa shape index (κ3) is 2.40. The Morgan fingerprint density at radius 3 is 2.65 bits per heavy atom. The normalized spacial score (nSPS) is 13.4. The molecule has 20 heavy (non-hydrogen) atoms. The predicted molar refractivity (Wildman–Crippen MR) is 82.3 cm³/mol. The molecule has 1 aliphatic heterocycles. The largest absolute Gasteiger partial charge is 0.508 e. The first kappa shape index (κ1) is 13.4. The van der Waals surface area contributed by atoms with Crippen LogP contribution in [0, 0.1) is 0 Å². The zero-order valence-electron chi connectivity index (χ0n) is 9.89. The van der Waals surface area contributed by atoms with Crippen molar-refractivity contribution < 1.29 is 10.2 Å². The van der Waals surface area contributed by atoms with E-state index in [0.29, 0.717) is 26.3 Å². The number of hydrogen-bond donors (Lipinski definition) is 3. The SMILES string of the molecule is Oc1ccc(C2=NNc3c(Cl)cc(Cl)cc3S2)c(O)c1. The highest BCUT2D eigenvalue weighted by Crippen LogP contribution is 2.42. The maximum Gasteiger partial charge on any atom is 0.132 e. The molecule has 0 aliphatic carbocycles. The molecule has 7 heteroatoms. The van der Waals surface area contributed by atoms with E-state index in [4.69, 9.17) is 23.2 Å². The van der Waals surface area contributed by atoms with E-state index in [0.717, 1.165) is 4.90 Å². The van der Waals surface area contributed by atoms with E-state index >= 15 is 0 Å². The molecule has 0 bridgehead atoms. The number of hydrogen-bond acceptors (Lipinski definition) is 5. The molecule has 2 aromatic rings. The molecule has 0 unspecified atom stereocenters. The van der Waals surface area contributed by atoms with Gasteiger partial charge in [-0.15, -0.1) is 0 Å². The van der Waals surface area contributed by atoms with Gasteiger partial charge < -0.3 is 10.2 Å². The minimum absolute atomic E-state index is 0.00731. The van der Waals surface area contributed by atoms with Gasteiger partial charge in [0.05, 0.1) is 16.3 Å². The summed E-state index contributed by atoms with van der Waals surface area (Å²) >= 11 is 13.4. The Labute approximate surface area is 129 Å². The number of rotatable bonds is 1. The second-order valence-electron chi connectivity index (χ2n) is 4.09. The number of halogens is 2. The lowest BCUT2D eigenvalue weighted by atomic mass is 10.2. The smallest absolute Gasteiger partial charge is 0.132 e. The Morgan fingerprint density at radius 1 is 1.10 bits per heavy atom. The number of fused-ring (bicyclic) bond motifs is 1. The van der Waals surface area contributed by atoms with Gasteiger partial charge in [-0.3, -0.25) is 5.43 Å². The van der Waals surface area contributed by atoms with Gasteiger partial charge in [-0.25, -0.2) is 0 Å². The van der Waals surface area contributed by atoms with Crippen LogP contribution in [0.15, 0.2) is 40.3 Å². The van der Waals surface area contributed by atoms with E-state index in [9.17, 15) is 10.2 Å². The zero-order valence-corrected chi connectivity index (χ0v) is 12.2. The Bertz CT molecular complexity index is 735. The van der Waals surface area contributed by atoms with Gasteiger partial charge in [0.1, 0.15) is 16.5 Å². The highest BCUT2D eigenvalue weighted by atomic mass is 35.5. The van der Waals surface area contributed by atoms with Crippen LogP contribution in [0.1, 0.15) is 5.56 Å². The highest BCUT2D eigenvalue weighted by Gasteiger charge is 2.20. The van der Waals surface area contributed by atoms with Gasteiger partial charge in [0.2, 0.25) is 0 Å². The van der Waals surface area contributed by atoms with Crippen LogP contribution in [0.3, 0.4) is 0 Å². The molecule has 4 nitrogen and oxygen atoms in total. The van der Waals surface area contributed by atoms with Crippen LogP contribution in [0.4, 0.5) is 5.69 Å². The van der Waals surface area contributed by atoms with E-state index in [2.05, 4.69) is 10.5 Å². The summed E-state index contributed by atoms with van der Waals surface area (Å²) in [6.07, 6.45) is 0. The summed E-state index contributed by atoms with van der Waals surface area (Å²) in [6.45, 7) is 0. The zero-order chi connectivity index (χ0) is 14.3. The number of aromatic hydroxyl groups is 2. The molecule has 2 aromatic carbocycles. The van der Waals surface area contributed by atoms with Crippen LogP contribution in [0.5, 0.6) is 11.5 Å². The lowest BCUT2D eigenvalue weighted by Crippen LogP contribution is -2.07. The number of anilines is 1. The van der Waals surface area contributed by atoms with Crippen LogP contribution in [0.2, 0.25) is 10.0 Å². The van der Waals surface area contributed by atoms with Crippen molar-refractivity contribution in [1.82, 2.24) is 0 Å². The number of benzene rings is 2. The van der Waals surface area contributed by atoms with E-state index in [1.54, 1.807) is 18.2 Å². The molecule has 0 saturated carbocycles. The first-order valence-corrected chi connectivity index (χ1v) is 7.15. The molecule has 3 N–H and O–H groups in total. The summed E-state index contributed by atoms with van der Waals surface area (Å²) in [6, 6.07) is 7.74. The molecular weight excluding hydrogens is 319 g/mol. The van der Waals surface area contributed by atoms with Gasteiger partial charge in [0.15, 0.2) is 0 Å². The number of hydrazone groups is 1. The molecule has 0 fully saturated rings. The number of nitrogens with one attached hydrogen (secondary N) is 1. The predicted octanol–water partition coefficient (Wildman–Crippen LogP) is 4.28. The van der Waals surface area contributed by atoms with Crippen molar-refractivity contribution in [3.8, 4) is 11.5 Å². The van der Waals surface area contributed by atoms with Crippen LogP contribution in [-0.4, -0.2) is 15.3 Å². The van der Waals surface area contributed by atoms with Gasteiger partial charge in [0.25, 0.3) is 0 Å². The molecule has 0 saturated heterocycles. The van der Waals surface area contributed by atoms with E-state index in [1.165, 1.54) is 23.9 Å². The molecule has 102 valence electrons. The molecule has 0 aromatic heterocycles. The molecule has 0 amide bonds. The number of thioether (sulfide) groups is 1. The third-order valence-electron chi connectivity index (χ3n) is 2.71. The Kier molecular flexibility index (Phi) is 3.41. The Balaban J connectivity index is 2.01. The van der Waals surface area contributed by atoms with Crippen LogP contribution < -0.4 is 5.43 Å². The molecule has 3 rings (SSSR count). The number of phenolic OH excluding ortho intramolecular Hbond substituents is 2. The third-order valence-corrected chi connectivity index (χ3v) is 4.27. The summed E-state index contributed by atoms with van der Waals surface area (Å²) in [7, 11) is 0. The fourth-order valence-electron chi connectivity index (χ4n) is 1.79. The van der Waals surface area contributed by atoms with Crippen molar-refractivity contribution in [2.75, 3.05) is 5.43 Å². The monoisotopic (exact) mass is 326 g/mol. The van der Waals surface area contributed by atoms with Crippen LogP contribution in [-0.2, 0) is 0 Å². The van der Waals surface area contributed by atoms with E-state index in [-0.39, 0.29) is 11.5 Å². The van der Waals surface area contributed by atoms with Crippen molar-refractivity contribution in [2.24, 2.45) is 5.10 Å².